The molecular weight excluding hydrogens is 288 g/mol. The molecule has 0 rings (SSSR count). The second-order valence-electron chi connectivity index (χ2n) is 3.14. The lowest BCUT2D eigenvalue weighted by atomic mass is 10.1. The number of alkyl halides is 2. The minimum Gasteiger partial charge on any atom is -0.465 e. The van der Waals surface area contributed by atoms with Gasteiger partial charge in [0.25, 0.3) is 0 Å². The highest BCUT2D eigenvalue weighted by molar-refractivity contribution is 6.37. The normalized spacial score (nSPS) is 16.3. The van der Waals surface area contributed by atoms with E-state index in [9.17, 15) is 9.59 Å². The molecule has 3 atom stereocenters. The van der Waals surface area contributed by atoms with Gasteiger partial charge in [-0.3, -0.25) is 9.59 Å². The predicted molar refractivity (Wildman–Crippen MR) is 68.5 cm³/mol. The van der Waals surface area contributed by atoms with Crippen molar-refractivity contribution in [3.8, 4) is 0 Å². The van der Waals surface area contributed by atoms with Crippen LogP contribution in [0.2, 0.25) is 0 Å². The smallest absolute Gasteiger partial charge is 0.325 e. The molecule has 1 amide bonds. The highest BCUT2D eigenvalue weighted by Crippen LogP contribution is 2.17. The van der Waals surface area contributed by atoms with Gasteiger partial charge in [-0.25, -0.2) is 0 Å². The average Bonchev–Trinajstić information content (AvgIpc) is 2.26. The summed E-state index contributed by atoms with van der Waals surface area (Å²) in [6.45, 7) is 3.20. The van der Waals surface area contributed by atoms with E-state index in [-0.39, 0.29) is 12.5 Å². The summed E-state index contributed by atoms with van der Waals surface area (Å²) < 4.78 is 4.73. The maximum Gasteiger partial charge on any atom is 0.325 e. The Morgan fingerprint density at radius 3 is 2.41 bits per heavy atom. The van der Waals surface area contributed by atoms with Crippen molar-refractivity contribution in [2.75, 3.05) is 6.61 Å². The summed E-state index contributed by atoms with van der Waals surface area (Å²) in [4.78, 5) is 22.3. The molecule has 3 unspecified atom stereocenters. The minimum atomic E-state index is -1.07. The van der Waals surface area contributed by atoms with Crippen LogP contribution in [0, 0.1) is 0 Å². The molecule has 0 aliphatic heterocycles. The molecule has 0 saturated heterocycles. The number of carbonyl (C=O) groups is 2. The number of rotatable bonds is 6. The van der Waals surface area contributed by atoms with Gasteiger partial charge in [-0.2, -0.15) is 0 Å². The van der Waals surface area contributed by atoms with Crippen LogP contribution in [0.15, 0.2) is 11.6 Å². The van der Waals surface area contributed by atoms with Crippen LogP contribution < -0.4 is 5.32 Å². The number of ether oxygens (including phenoxy) is 1. The molecule has 0 aliphatic rings. The molecule has 0 fully saturated rings. The summed E-state index contributed by atoms with van der Waals surface area (Å²) in [6, 6.07) is -0.640. The Bertz CT molecular complexity index is 297. The van der Waals surface area contributed by atoms with E-state index < -0.39 is 22.8 Å². The zero-order valence-corrected chi connectivity index (χ0v) is 11.7. The van der Waals surface area contributed by atoms with Crippen LogP contribution in [0.4, 0.5) is 0 Å². The van der Waals surface area contributed by atoms with Crippen molar-refractivity contribution in [2.45, 2.75) is 30.6 Å². The average molecular weight is 303 g/mol. The van der Waals surface area contributed by atoms with E-state index in [4.69, 9.17) is 39.5 Å². The molecule has 7 heteroatoms. The second-order valence-corrected chi connectivity index (χ2v) is 4.37. The number of hydrogen-bond donors (Lipinski definition) is 1. The van der Waals surface area contributed by atoms with Crippen molar-refractivity contribution in [1.82, 2.24) is 5.32 Å². The Morgan fingerprint density at radius 2 is 2.00 bits per heavy atom. The second kappa shape index (κ2) is 8.61. The molecule has 0 aromatic rings. The van der Waals surface area contributed by atoms with Gasteiger partial charge in [-0.15, -0.1) is 23.2 Å². The number of esters is 1. The fourth-order valence-corrected chi connectivity index (χ4v) is 1.71. The van der Waals surface area contributed by atoms with E-state index in [2.05, 4.69) is 5.32 Å². The van der Waals surface area contributed by atoms with E-state index in [1.54, 1.807) is 6.92 Å². The molecule has 0 aliphatic carbocycles. The Balaban J connectivity index is 4.64. The van der Waals surface area contributed by atoms with Gasteiger partial charge in [0, 0.05) is 12.5 Å². The van der Waals surface area contributed by atoms with Gasteiger partial charge >= 0.3 is 5.97 Å². The van der Waals surface area contributed by atoms with Crippen LogP contribution in [0.3, 0.4) is 0 Å². The highest BCUT2D eigenvalue weighted by atomic mass is 35.5. The van der Waals surface area contributed by atoms with Crippen LogP contribution in [0.5, 0.6) is 0 Å². The molecule has 17 heavy (non-hydrogen) atoms. The quantitative estimate of drug-likeness (QED) is 0.603. The molecule has 0 radical (unpaired) electrons. The van der Waals surface area contributed by atoms with Gasteiger partial charge in [-0.05, 0) is 13.0 Å². The zero-order chi connectivity index (χ0) is 13.4. The molecule has 0 heterocycles. The summed E-state index contributed by atoms with van der Waals surface area (Å²) in [6.07, 6.45) is 1.44. The third-order valence-electron chi connectivity index (χ3n) is 1.78. The van der Waals surface area contributed by atoms with Crippen molar-refractivity contribution in [2.24, 2.45) is 0 Å². The summed E-state index contributed by atoms with van der Waals surface area (Å²) in [7, 11) is 0. The zero-order valence-electron chi connectivity index (χ0n) is 9.45. The van der Waals surface area contributed by atoms with Gasteiger partial charge < -0.3 is 10.1 Å². The van der Waals surface area contributed by atoms with Crippen molar-refractivity contribution >= 4 is 46.7 Å². The predicted octanol–water partition coefficient (Wildman–Crippen LogP) is 2.02. The van der Waals surface area contributed by atoms with E-state index in [0.29, 0.717) is 0 Å². The van der Waals surface area contributed by atoms with Crippen LogP contribution in [0.1, 0.15) is 13.8 Å². The van der Waals surface area contributed by atoms with Crippen LogP contribution >= 0.6 is 34.8 Å². The lowest BCUT2D eigenvalue weighted by Crippen LogP contribution is -2.45. The third-order valence-corrected chi connectivity index (χ3v) is 3.03. The highest BCUT2D eigenvalue weighted by Gasteiger charge is 2.31. The fraction of sp³-hybridized carbons (Fsp3) is 0.600. The molecule has 0 bridgehead atoms. The maximum absolute atomic E-state index is 11.4. The van der Waals surface area contributed by atoms with Gasteiger partial charge in [0.15, 0.2) is 0 Å². The van der Waals surface area contributed by atoms with E-state index >= 15 is 0 Å². The monoisotopic (exact) mass is 301 g/mol. The summed E-state index contributed by atoms with van der Waals surface area (Å²) in [5.74, 6) is -0.935. The number of carbonyl (C=O) groups excluding carboxylic acids is 2. The summed E-state index contributed by atoms with van der Waals surface area (Å²) in [5, 5.41) is 0.604. The molecular formula is C10H14Cl3NO3. The number of halogens is 3. The first-order valence-corrected chi connectivity index (χ1v) is 6.23. The number of amides is 1. The first-order chi connectivity index (χ1) is 7.93. The molecule has 0 aromatic carbocycles. The standard InChI is InChI=1S/C10H14Cl3NO3/c1-3-17-10(16)9(13)8(12)7(4-5-11)14-6(2)15/h4-5,7-9H,3H2,1-2H3,(H,14,15). The van der Waals surface area contributed by atoms with Crippen LogP contribution in [0.25, 0.3) is 0 Å². The third kappa shape index (κ3) is 6.15. The Hall–Kier alpha value is -0.450. The lowest BCUT2D eigenvalue weighted by Gasteiger charge is -2.22. The Labute approximate surface area is 115 Å². The van der Waals surface area contributed by atoms with Crippen molar-refractivity contribution in [1.29, 1.82) is 0 Å². The molecule has 4 nitrogen and oxygen atoms in total. The molecule has 1 N–H and O–H groups in total. The van der Waals surface area contributed by atoms with E-state index in [1.165, 1.54) is 18.5 Å². The van der Waals surface area contributed by atoms with Crippen LogP contribution in [-0.2, 0) is 14.3 Å². The largest absolute Gasteiger partial charge is 0.465 e. The first-order valence-electron chi connectivity index (χ1n) is 4.92. The van der Waals surface area contributed by atoms with E-state index in [0.717, 1.165) is 0 Å². The van der Waals surface area contributed by atoms with Crippen molar-refractivity contribution < 1.29 is 14.3 Å². The number of nitrogens with one attached hydrogen (secondary N) is 1. The Kier molecular flexibility index (Phi) is 8.39. The fourth-order valence-electron chi connectivity index (χ4n) is 1.08. The summed E-state index contributed by atoms with van der Waals surface area (Å²) in [5.41, 5.74) is 1.20. The lowest BCUT2D eigenvalue weighted by molar-refractivity contribution is -0.142. The number of hydrogen-bond acceptors (Lipinski definition) is 3. The van der Waals surface area contributed by atoms with E-state index in [1.807, 2.05) is 0 Å². The topological polar surface area (TPSA) is 55.4 Å². The van der Waals surface area contributed by atoms with Gasteiger partial charge in [0.1, 0.15) is 5.38 Å². The molecule has 0 spiro atoms. The van der Waals surface area contributed by atoms with Gasteiger partial charge in [-0.1, -0.05) is 11.6 Å². The maximum atomic E-state index is 11.4. The van der Waals surface area contributed by atoms with Gasteiger partial charge in [0.2, 0.25) is 5.91 Å². The summed E-state index contributed by atoms with van der Waals surface area (Å²) >= 11 is 17.3. The molecule has 0 aromatic heterocycles. The SMILES string of the molecule is CCOC(=O)C(Cl)C(Cl)C(C=CCl)NC(C)=O. The van der Waals surface area contributed by atoms with Gasteiger partial charge in [0.05, 0.1) is 18.0 Å². The van der Waals surface area contributed by atoms with Crippen molar-refractivity contribution in [3.05, 3.63) is 11.6 Å². The van der Waals surface area contributed by atoms with Crippen LogP contribution in [-0.4, -0.2) is 35.3 Å². The molecule has 98 valence electrons. The van der Waals surface area contributed by atoms with Crippen molar-refractivity contribution in [3.63, 3.8) is 0 Å². The minimum absolute atomic E-state index is 0.210. The molecule has 0 saturated carbocycles. The Morgan fingerprint density at radius 1 is 1.41 bits per heavy atom. The first kappa shape index (κ1) is 16.6.